The van der Waals surface area contributed by atoms with Crippen LogP contribution in [-0.4, -0.2) is 6.04 Å². The molecule has 2 nitrogen and oxygen atoms in total. The van der Waals surface area contributed by atoms with E-state index in [2.05, 4.69) is 19.0 Å². The molecule has 0 aromatic heterocycles. The molecule has 0 saturated carbocycles. The number of nitrogens with zero attached hydrogens (tertiary/aromatic N) is 1. The van der Waals surface area contributed by atoms with Crippen LogP contribution >= 0.6 is 11.6 Å². The van der Waals surface area contributed by atoms with Crippen molar-refractivity contribution < 1.29 is 0 Å². The Morgan fingerprint density at radius 3 is 2.28 bits per heavy atom. The molecule has 18 heavy (non-hydrogen) atoms. The molecule has 0 spiro atoms. The van der Waals surface area contributed by atoms with Gasteiger partial charge in [0.05, 0.1) is 0 Å². The minimum Gasteiger partial charge on any atom is -0.150 e. The van der Waals surface area contributed by atoms with E-state index in [0.29, 0.717) is 0 Å². The van der Waals surface area contributed by atoms with Gasteiger partial charge in [-0.2, -0.15) is 4.91 Å². The topological polar surface area (TPSA) is 29.4 Å². The molecule has 0 radical (unpaired) electrons. The Kier molecular flexibility index (Phi) is 6.62. The summed E-state index contributed by atoms with van der Waals surface area (Å²) in [5.74, 6) is 0. The number of allylic oxidation sites excluding steroid dienone is 3. The Bertz CT molecular complexity index is 358. The molecule has 0 aromatic carbocycles. The van der Waals surface area contributed by atoms with Gasteiger partial charge in [-0.25, -0.2) is 0 Å². The Hall–Kier alpha value is -0.630. The molecule has 0 N–H and O–H groups in total. The number of rotatable bonds is 1. The van der Waals surface area contributed by atoms with E-state index in [0.717, 1.165) is 47.4 Å². The van der Waals surface area contributed by atoms with E-state index in [1.165, 1.54) is 19.3 Å². The summed E-state index contributed by atoms with van der Waals surface area (Å²) in [6.07, 6.45) is 7.74. The summed E-state index contributed by atoms with van der Waals surface area (Å²) in [6.45, 7) is 6.12. The van der Waals surface area contributed by atoms with Crippen LogP contribution in [-0.2, 0) is 0 Å². The van der Waals surface area contributed by atoms with Crippen molar-refractivity contribution in [1.29, 1.82) is 0 Å². The second-order valence-corrected chi connectivity index (χ2v) is 5.72. The molecule has 1 aliphatic rings. The van der Waals surface area contributed by atoms with Gasteiger partial charge in [-0.1, -0.05) is 42.5 Å². The Labute approximate surface area is 115 Å². The molecule has 0 aromatic rings. The van der Waals surface area contributed by atoms with Crippen molar-refractivity contribution >= 4 is 11.6 Å². The first-order chi connectivity index (χ1) is 8.57. The molecule has 0 heterocycles. The maximum atomic E-state index is 11.0. The van der Waals surface area contributed by atoms with Gasteiger partial charge >= 0.3 is 0 Å². The molecule has 0 aliphatic heterocycles. The first-order valence-electron chi connectivity index (χ1n) is 6.93. The average Bonchev–Trinajstić information content (AvgIpc) is 2.38. The van der Waals surface area contributed by atoms with Crippen molar-refractivity contribution in [2.75, 3.05) is 0 Å². The molecular formula is C15H24ClNO. The summed E-state index contributed by atoms with van der Waals surface area (Å²) in [7, 11) is 0. The predicted molar refractivity (Wildman–Crippen MR) is 78.8 cm³/mol. The molecular weight excluding hydrogens is 246 g/mol. The third kappa shape index (κ3) is 4.24. The zero-order valence-corrected chi connectivity index (χ0v) is 12.5. The van der Waals surface area contributed by atoms with Crippen molar-refractivity contribution in [1.82, 2.24) is 0 Å². The maximum absolute atomic E-state index is 11.0. The first kappa shape index (κ1) is 15.4. The van der Waals surface area contributed by atoms with Crippen LogP contribution < -0.4 is 0 Å². The molecule has 1 aliphatic carbocycles. The SMILES string of the molecule is CC1=C(Cl)CCCCCCCC(N=O)C(C)=C1C. The van der Waals surface area contributed by atoms with Crippen molar-refractivity contribution in [2.24, 2.45) is 5.18 Å². The molecule has 1 unspecified atom stereocenters. The van der Waals surface area contributed by atoms with Crippen LogP contribution in [0.2, 0.25) is 0 Å². The summed E-state index contributed by atoms with van der Waals surface area (Å²) >= 11 is 6.35. The zero-order chi connectivity index (χ0) is 13.5. The number of hydrogen-bond acceptors (Lipinski definition) is 2. The minimum atomic E-state index is -0.177. The van der Waals surface area contributed by atoms with Crippen molar-refractivity contribution in [3.05, 3.63) is 26.7 Å². The lowest BCUT2D eigenvalue weighted by Crippen LogP contribution is -2.08. The van der Waals surface area contributed by atoms with Crippen LogP contribution in [0.25, 0.3) is 0 Å². The second-order valence-electron chi connectivity index (χ2n) is 5.27. The molecule has 0 amide bonds. The largest absolute Gasteiger partial charge is 0.150 e. The molecule has 0 saturated heterocycles. The smallest absolute Gasteiger partial charge is 0.113 e. The third-order valence-electron chi connectivity index (χ3n) is 4.06. The van der Waals surface area contributed by atoms with Crippen LogP contribution in [0.5, 0.6) is 0 Å². The zero-order valence-electron chi connectivity index (χ0n) is 11.8. The summed E-state index contributed by atoms with van der Waals surface area (Å²) in [4.78, 5) is 11.0. The number of hydrogen-bond donors (Lipinski definition) is 0. The number of nitroso groups, excluding NO2 is 1. The lowest BCUT2D eigenvalue weighted by molar-refractivity contribution is 0.562. The molecule has 102 valence electrons. The van der Waals surface area contributed by atoms with Crippen LogP contribution in [0.1, 0.15) is 65.7 Å². The third-order valence-corrected chi connectivity index (χ3v) is 4.53. The van der Waals surface area contributed by atoms with Gasteiger partial charge in [0.25, 0.3) is 0 Å². The van der Waals surface area contributed by atoms with Crippen LogP contribution in [0, 0.1) is 4.91 Å². The van der Waals surface area contributed by atoms with Crippen molar-refractivity contribution in [3.63, 3.8) is 0 Å². The normalized spacial score (nSPS) is 24.6. The molecule has 1 atom stereocenters. The number of halogens is 1. The molecule has 1 rings (SSSR count). The fourth-order valence-corrected chi connectivity index (χ4v) is 2.71. The minimum absolute atomic E-state index is 0.177. The standard InChI is InChI=1S/C15H24ClNO/c1-11-12(2)14(16)9-7-5-4-6-8-10-15(17-18)13(11)3/h15H,4-10H2,1-3H3. The van der Waals surface area contributed by atoms with E-state index in [-0.39, 0.29) is 6.04 Å². The molecule has 0 fully saturated rings. The van der Waals surface area contributed by atoms with Gasteiger partial charge in [-0.05, 0) is 56.8 Å². The maximum Gasteiger partial charge on any atom is 0.113 e. The van der Waals surface area contributed by atoms with Gasteiger partial charge in [0, 0.05) is 5.03 Å². The highest BCUT2D eigenvalue weighted by Crippen LogP contribution is 2.28. The van der Waals surface area contributed by atoms with Gasteiger partial charge in [0.2, 0.25) is 0 Å². The lowest BCUT2D eigenvalue weighted by Gasteiger charge is -2.16. The van der Waals surface area contributed by atoms with Crippen molar-refractivity contribution in [2.45, 2.75) is 71.8 Å². The monoisotopic (exact) mass is 269 g/mol. The Morgan fingerprint density at radius 2 is 1.61 bits per heavy atom. The summed E-state index contributed by atoms with van der Waals surface area (Å²) in [5.41, 5.74) is 3.36. The predicted octanol–water partition coefficient (Wildman–Crippen LogP) is 5.71. The van der Waals surface area contributed by atoms with E-state index < -0.39 is 0 Å². The van der Waals surface area contributed by atoms with E-state index in [1.807, 2.05) is 6.92 Å². The van der Waals surface area contributed by atoms with Gasteiger partial charge in [0.1, 0.15) is 6.04 Å². The Balaban J connectivity index is 3.02. The fraction of sp³-hybridized carbons (Fsp3) is 0.733. The summed E-state index contributed by atoms with van der Waals surface area (Å²) in [5, 5.41) is 4.23. The van der Waals surface area contributed by atoms with Gasteiger partial charge < -0.3 is 0 Å². The van der Waals surface area contributed by atoms with Gasteiger partial charge in [-0.15, -0.1) is 0 Å². The van der Waals surface area contributed by atoms with E-state index in [9.17, 15) is 4.91 Å². The highest BCUT2D eigenvalue weighted by Gasteiger charge is 2.15. The van der Waals surface area contributed by atoms with Gasteiger partial charge in [0.15, 0.2) is 0 Å². The van der Waals surface area contributed by atoms with E-state index >= 15 is 0 Å². The van der Waals surface area contributed by atoms with E-state index in [4.69, 9.17) is 11.6 Å². The van der Waals surface area contributed by atoms with E-state index in [1.54, 1.807) is 0 Å². The highest BCUT2D eigenvalue weighted by molar-refractivity contribution is 6.30. The van der Waals surface area contributed by atoms with Crippen LogP contribution in [0.15, 0.2) is 26.9 Å². The second kappa shape index (κ2) is 7.73. The van der Waals surface area contributed by atoms with Crippen molar-refractivity contribution in [3.8, 4) is 0 Å². The van der Waals surface area contributed by atoms with Crippen LogP contribution in [0.3, 0.4) is 0 Å². The fourth-order valence-electron chi connectivity index (χ4n) is 2.43. The first-order valence-corrected chi connectivity index (χ1v) is 7.31. The quantitative estimate of drug-likeness (QED) is 0.560. The summed E-state index contributed by atoms with van der Waals surface area (Å²) < 4.78 is 0. The molecule has 3 heteroatoms. The Morgan fingerprint density at radius 1 is 1.00 bits per heavy atom. The van der Waals surface area contributed by atoms with Gasteiger partial charge in [-0.3, -0.25) is 0 Å². The lowest BCUT2D eigenvalue weighted by atomic mass is 9.93. The average molecular weight is 270 g/mol. The molecule has 0 bridgehead atoms. The highest BCUT2D eigenvalue weighted by atomic mass is 35.5. The van der Waals surface area contributed by atoms with Crippen LogP contribution in [0.4, 0.5) is 0 Å². The summed E-state index contributed by atoms with van der Waals surface area (Å²) in [6, 6.07) is -0.177.